The number of nitrogens with zero attached hydrogens (tertiary/aromatic N) is 1. The van der Waals surface area contributed by atoms with E-state index in [-0.39, 0.29) is 0 Å². The lowest BCUT2D eigenvalue weighted by molar-refractivity contribution is 0.519. The number of rotatable bonds is 5. The van der Waals surface area contributed by atoms with E-state index in [2.05, 4.69) is 25.2 Å². The van der Waals surface area contributed by atoms with Gasteiger partial charge in [0, 0.05) is 6.54 Å². The zero-order chi connectivity index (χ0) is 12.0. The minimum Gasteiger partial charge on any atom is -0.384 e. The summed E-state index contributed by atoms with van der Waals surface area (Å²) in [5.41, 5.74) is 2.78. The highest BCUT2D eigenvalue weighted by molar-refractivity contribution is 5.60. The van der Waals surface area contributed by atoms with Gasteiger partial charge in [0.1, 0.15) is 6.07 Å². The fourth-order valence-corrected chi connectivity index (χ4v) is 1.80. The Balaban J connectivity index is 2.74. The van der Waals surface area contributed by atoms with Crippen LogP contribution in [0.1, 0.15) is 37.8 Å². The number of nitrogens with one attached hydrogen (secondary N) is 1. The fourth-order valence-electron chi connectivity index (χ4n) is 1.80. The van der Waals surface area contributed by atoms with Crippen molar-refractivity contribution in [2.45, 2.75) is 33.6 Å². The number of hydrogen-bond donors (Lipinski definition) is 1. The molecule has 0 unspecified atom stereocenters. The van der Waals surface area contributed by atoms with Crippen molar-refractivity contribution >= 4 is 5.69 Å². The van der Waals surface area contributed by atoms with Gasteiger partial charge in [-0.2, -0.15) is 5.26 Å². The van der Waals surface area contributed by atoms with Crippen molar-refractivity contribution in [2.75, 3.05) is 11.9 Å². The van der Waals surface area contributed by atoms with Gasteiger partial charge in [-0.15, -0.1) is 0 Å². The predicted molar refractivity (Wildman–Crippen MR) is 68.5 cm³/mol. The first-order chi connectivity index (χ1) is 7.72. The molecular formula is C14H20N2. The van der Waals surface area contributed by atoms with E-state index in [0.717, 1.165) is 23.4 Å². The van der Waals surface area contributed by atoms with Crippen LogP contribution in [0, 0.1) is 24.2 Å². The van der Waals surface area contributed by atoms with Gasteiger partial charge in [0.15, 0.2) is 0 Å². The number of aryl methyl sites for hydroxylation is 1. The third-order valence-corrected chi connectivity index (χ3v) is 3.12. The van der Waals surface area contributed by atoms with Crippen LogP contribution in [-0.4, -0.2) is 6.54 Å². The maximum absolute atomic E-state index is 9.09. The topological polar surface area (TPSA) is 35.8 Å². The van der Waals surface area contributed by atoms with Crippen LogP contribution in [-0.2, 0) is 0 Å². The van der Waals surface area contributed by atoms with Crippen LogP contribution >= 0.6 is 0 Å². The van der Waals surface area contributed by atoms with Gasteiger partial charge in [-0.05, 0) is 24.5 Å². The Morgan fingerprint density at radius 2 is 2.00 bits per heavy atom. The Morgan fingerprint density at radius 3 is 2.56 bits per heavy atom. The van der Waals surface area contributed by atoms with Crippen molar-refractivity contribution in [2.24, 2.45) is 5.92 Å². The quantitative estimate of drug-likeness (QED) is 0.814. The van der Waals surface area contributed by atoms with E-state index in [1.165, 1.54) is 12.8 Å². The molecule has 0 spiro atoms. The van der Waals surface area contributed by atoms with Crippen molar-refractivity contribution in [3.8, 4) is 6.07 Å². The van der Waals surface area contributed by atoms with Gasteiger partial charge in [0.25, 0.3) is 0 Å². The van der Waals surface area contributed by atoms with Gasteiger partial charge in [0.05, 0.1) is 11.3 Å². The summed E-state index contributed by atoms with van der Waals surface area (Å²) in [4.78, 5) is 0. The maximum atomic E-state index is 9.09. The highest BCUT2D eigenvalue weighted by Gasteiger charge is 2.07. The summed E-state index contributed by atoms with van der Waals surface area (Å²) in [7, 11) is 0. The lowest BCUT2D eigenvalue weighted by atomic mass is 10.0. The molecule has 0 aromatic heterocycles. The lowest BCUT2D eigenvalue weighted by Crippen LogP contribution is -2.13. The van der Waals surface area contributed by atoms with E-state index >= 15 is 0 Å². The second-order valence-corrected chi connectivity index (χ2v) is 4.17. The first-order valence-electron chi connectivity index (χ1n) is 5.96. The third-order valence-electron chi connectivity index (χ3n) is 3.12. The largest absolute Gasteiger partial charge is 0.384 e. The molecule has 1 aromatic carbocycles. The fraction of sp³-hybridized carbons (Fsp3) is 0.500. The zero-order valence-electron chi connectivity index (χ0n) is 10.4. The second kappa shape index (κ2) is 6.17. The smallest absolute Gasteiger partial charge is 0.102 e. The summed E-state index contributed by atoms with van der Waals surface area (Å²) in [6.45, 7) is 7.33. The molecule has 0 aliphatic rings. The summed E-state index contributed by atoms with van der Waals surface area (Å²) in [6.07, 6.45) is 2.36. The molecule has 2 nitrogen and oxygen atoms in total. The molecule has 0 saturated carbocycles. The number of hydrogen-bond acceptors (Lipinski definition) is 2. The van der Waals surface area contributed by atoms with Crippen LogP contribution in [0.5, 0.6) is 0 Å². The Labute approximate surface area is 98.3 Å². The summed E-state index contributed by atoms with van der Waals surface area (Å²) < 4.78 is 0. The lowest BCUT2D eigenvalue weighted by Gasteiger charge is -2.15. The molecule has 1 rings (SSSR count). The molecule has 0 aliphatic heterocycles. The highest BCUT2D eigenvalue weighted by Crippen LogP contribution is 2.19. The minimum absolute atomic E-state index is 0.687. The molecule has 0 heterocycles. The molecule has 2 heteroatoms. The summed E-state index contributed by atoms with van der Waals surface area (Å²) >= 11 is 0. The average molecular weight is 216 g/mol. The molecule has 0 saturated heterocycles. The van der Waals surface area contributed by atoms with Gasteiger partial charge in [0.2, 0.25) is 0 Å². The van der Waals surface area contributed by atoms with E-state index in [4.69, 9.17) is 5.26 Å². The highest BCUT2D eigenvalue weighted by atomic mass is 14.9. The van der Waals surface area contributed by atoms with E-state index in [1.54, 1.807) is 0 Å². The monoisotopic (exact) mass is 216 g/mol. The predicted octanol–water partition coefficient (Wildman–Crippen LogP) is 3.71. The van der Waals surface area contributed by atoms with Gasteiger partial charge in [-0.3, -0.25) is 0 Å². The van der Waals surface area contributed by atoms with Crippen molar-refractivity contribution < 1.29 is 0 Å². The van der Waals surface area contributed by atoms with Crippen molar-refractivity contribution in [3.63, 3.8) is 0 Å². The Kier molecular flexibility index (Phi) is 4.85. The molecule has 1 aromatic rings. The van der Waals surface area contributed by atoms with Crippen LogP contribution in [0.2, 0.25) is 0 Å². The van der Waals surface area contributed by atoms with Crippen molar-refractivity contribution in [1.29, 1.82) is 5.26 Å². The van der Waals surface area contributed by atoms with Gasteiger partial charge in [-0.1, -0.05) is 38.8 Å². The normalized spacial score (nSPS) is 10.2. The molecule has 86 valence electrons. The molecule has 0 fully saturated rings. The summed E-state index contributed by atoms with van der Waals surface area (Å²) in [6, 6.07) is 8.21. The summed E-state index contributed by atoms with van der Waals surface area (Å²) in [5.74, 6) is 0.687. The molecule has 0 atom stereocenters. The van der Waals surface area contributed by atoms with Crippen LogP contribution in [0.3, 0.4) is 0 Å². The van der Waals surface area contributed by atoms with E-state index < -0.39 is 0 Å². The van der Waals surface area contributed by atoms with Crippen molar-refractivity contribution in [1.82, 2.24) is 0 Å². The van der Waals surface area contributed by atoms with Gasteiger partial charge >= 0.3 is 0 Å². The van der Waals surface area contributed by atoms with Crippen LogP contribution in [0.25, 0.3) is 0 Å². The molecule has 0 radical (unpaired) electrons. The second-order valence-electron chi connectivity index (χ2n) is 4.17. The third kappa shape index (κ3) is 3.00. The first kappa shape index (κ1) is 12.6. The van der Waals surface area contributed by atoms with Crippen molar-refractivity contribution in [3.05, 3.63) is 29.3 Å². The first-order valence-corrected chi connectivity index (χ1v) is 5.96. The Morgan fingerprint density at radius 1 is 1.31 bits per heavy atom. The zero-order valence-corrected chi connectivity index (χ0v) is 10.4. The SMILES string of the molecule is CCC(CC)CNc1cccc(C)c1C#N. The number of nitriles is 1. The van der Waals surface area contributed by atoms with Gasteiger partial charge < -0.3 is 5.32 Å². The van der Waals surface area contributed by atoms with Crippen LogP contribution in [0.15, 0.2) is 18.2 Å². The van der Waals surface area contributed by atoms with Crippen LogP contribution < -0.4 is 5.32 Å². The van der Waals surface area contributed by atoms with E-state index in [0.29, 0.717) is 5.92 Å². The van der Waals surface area contributed by atoms with Crippen LogP contribution in [0.4, 0.5) is 5.69 Å². The number of anilines is 1. The Bertz CT molecular complexity index is 373. The van der Waals surface area contributed by atoms with Gasteiger partial charge in [-0.25, -0.2) is 0 Å². The molecule has 0 aliphatic carbocycles. The maximum Gasteiger partial charge on any atom is 0.102 e. The minimum atomic E-state index is 0.687. The average Bonchev–Trinajstić information content (AvgIpc) is 2.30. The Hall–Kier alpha value is -1.49. The van der Waals surface area contributed by atoms with E-state index in [1.807, 2.05) is 25.1 Å². The molecule has 16 heavy (non-hydrogen) atoms. The molecule has 0 amide bonds. The van der Waals surface area contributed by atoms with E-state index in [9.17, 15) is 0 Å². The summed E-state index contributed by atoms with van der Waals surface area (Å²) in [5, 5.41) is 12.5. The number of benzene rings is 1. The molecule has 1 N–H and O–H groups in total. The standard InChI is InChI=1S/C14H20N2/c1-4-12(5-2)10-16-14-8-6-7-11(3)13(14)9-15/h6-8,12,16H,4-5,10H2,1-3H3. The molecular weight excluding hydrogens is 196 g/mol. The molecule has 0 bridgehead atoms.